The number of methoxy groups -OCH3 is 1. The highest BCUT2D eigenvalue weighted by Crippen LogP contribution is 2.36. The lowest BCUT2D eigenvalue weighted by atomic mass is 10.1. The van der Waals surface area contributed by atoms with Gasteiger partial charge in [-0.15, -0.1) is 0 Å². The van der Waals surface area contributed by atoms with E-state index in [2.05, 4.69) is 21.2 Å². The molecule has 0 atom stereocenters. The van der Waals surface area contributed by atoms with E-state index in [0.717, 1.165) is 24.5 Å². The number of rotatable bonds is 5. The number of halogens is 3. The summed E-state index contributed by atoms with van der Waals surface area (Å²) in [6.07, 6.45) is 2.29. The van der Waals surface area contributed by atoms with Gasteiger partial charge in [0, 0.05) is 28.6 Å². The van der Waals surface area contributed by atoms with Crippen LogP contribution in [0.1, 0.15) is 24.2 Å². The van der Waals surface area contributed by atoms with Crippen molar-refractivity contribution in [3.63, 3.8) is 0 Å². The molecule has 108 valence electrons. The number of hydrogen-bond acceptors (Lipinski definition) is 3. The van der Waals surface area contributed by atoms with Crippen molar-refractivity contribution < 1.29 is 17.9 Å². The summed E-state index contributed by atoms with van der Waals surface area (Å²) < 4.78 is 38.5. The Balaban J connectivity index is 2.09. The molecule has 0 unspecified atom stereocenters. The van der Waals surface area contributed by atoms with Crippen LogP contribution in [0, 0.1) is 11.6 Å². The fraction of sp³-hybridized carbons (Fsp3) is 0.429. The van der Waals surface area contributed by atoms with Crippen LogP contribution in [0.5, 0.6) is 0 Å². The fourth-order valence-electron chi connectivity index (χ4n) is 2.24. The molecule has 0 spiro atoms. The number of fused-ring (bicyclic) bond motifs is 1. The quantitative estimate of drug-likeness (QED) is 0.835. The van der Waals surface area contributed by atoms with E-state index in [1.54, 1.807) is 7.11 Å². The molecule has 1 heterocycles. The number of benzene rings is 1. The standard InChI is InChI=1S/C14H14BrF2NO2/c1-19-6-8-11(5-18-7-2-3-7)20-14-12(8)9(15)4-10(16)13(14)17/h4,7,18H,2-3,5-6H2,1H3. The van der Waals surface area contributed by atoms with Crippen LogP contribution < -0.4 is 5.32 Å². The van der Waals surface area contributed by atoms with Gasteiger partial charge in [0.1, 0.15) is 5.76 Å². The summed E-state index contributed by atoms with van der Waals surface area (Å²) in [5.41, 5.74) is 0.693. The number of nitrogens with one attached hydrogen (secondary N) is 1. The second-order valence-electron chi connectivity index (χ2n) is 4.95. The van der Waals surface area contributed by atoms with Crippen molar-refractivity contribution >= 4 is 26.9 Å². The van der Waals surface area contributed by atoms with Crippen molar-refractivity contribution in [2.24, 2.45) is 0 Å². The van der Waals surface area contributed by atoms with Crippen molar-refractivity contribution in [3.8, 4) is 0 Å². The Hall–Kier alpha value is -0.980. The Labute approximate surface area is 123 Å². The van der Waals surface area contributed by atoms with Gasteiger partial charge in [-0.1, -0.05) is 0 Å². The van der Waals surface area contributed by atoms with Gasteiger partial charge < -0.3 is 14.5 Å². The third-order valence-electron chi connectivity index (χ3n) is 3.41. The predicted octanol–water partition coefficient (Wildman–Crippen LogP) is 3.87. The molecule has 1 saturated carbocycles. The minimum atomic E-state index is -0.960. The third kappa shape index (κ3) is 2.47. The lowest BCUT2D eigenvalue weighted by Gasteiger charge is -2.04. The van der Waals surface area contributed by atoms with Gasteiger partial charge in [-0.3, -0.25) is 0 Å². The topological polar surface area (TPSA) is 34.4 Å². The summed E-state index contributed by atoms with van der Waals surface area (Å²) in [5.74, 6) is -1.29. The van der Waals surface area contributed by atoms with E-state index in [1.165, 1.54) is 0 Å². The molecule has 0 aliphatic heterocycles. The SMILES string of the molecule is COCc1c(CNC2CC2)oc2c(F)c(F)cc(Br)c12. The van der Waals surface area contributed by atoms with E-state index in [4.69, 9.17) is 9.15 Å². The van der Waals surface area contributed by atoms with Gasteiger partial charge in [0.2, 0.25) is 5.82 Å². The van der Waals surface area contributed by atoms with E-state index in [0.29, 0.717) is 34.8 Å². The molecule has 1 N–H and O–H groups in total. The highest BCUT2D eigenvalue weighted by atomic mass is 79.9. The molecule has 20 heavy (non-hydrogen) atoms. The van der Waals surface area contributed by atoms with Crippen molar-refractivity contribution in [1.82, 2.24) is 5.32 Å². The second-order valence-corrected chi connectivity index (χ2v) is 5.80. The van der Waals surface area contributed by atoms with Gasteiger partial charge in [-0.2, -0.15) is 4.39 Å². The normalized spacial score (nSPS) is 15.2. The van der Waals surface area contributed by atoms with Gasteiger partial charge in [-0.25, -0.2) is 4.39 Å². The molecule has 1 aliphatic carbocycles. The molecule has 1 aliphatic rings. The zero-order valence-corrected chi connectivity index (χ0v) is 12.5. The first-order valence-electron chi connectivity index (χ1n) is 6.42. The molecule has 0 amide bonds. The lowest BCUT2D eigenvalue weighted by Crippen LogP contribution is -2.15. The van der Waals surface area contributed by atoms with Crippen LogP contribution in [0.15, 0.2) is 15.0 Å². The van der Waals surface area contributed by atoms with Crippen molar-refractivity contribution in [3.05, 3.63) is 33.5 Å². The molecular formula is C14H14BrF2NO2. The van der Waals surface area contributed by atoms with Gasteiger partial charge in [0.15, 0.2) is 11.4 Å². The van der Waals surface area contributed by atoms with Crippen LogP contribution in [-0.4, -0.2) is 13.2 Å². The number of hydrogen-bond donors (Lipinski definition) is 1. The highest BCUT2D eigenvalue weighted by Gasteiger charge is 2.25. The van der Waals surface area contributed by atoms with E-state index in [1.807, 2.05) is 0 Å². The molecule has 3 nitrogen and oxygen atoms in total. The molecule has 0 bridgehead atoms. The molecule has 1 aromatic carbocycles. The summed E-state index contributed by atoms with van der Waals surface area (Å²) >= 11 is 3.27. The first kappa shape index (κ1) is 14.0. The zero-order valence-electron chi connectivity index (χ0n) is 10.9. The molecular weight excluding hydrogens is 332 g/mol. The summed E-state index contributed by atoms with van der Waals surface area (Å²) in [6.45, 7) is 0.782. The second kappa shape index (κ2) is 5.42. The van der Waals surface area contributed by atoms with Gasteiger partial charge in [0.05, 0.1) is 13.2 Å². The molecule has 1 aromatic heterocycles. The average molecular weight is 346 g/mol. The fourth-order valence-corrected chi connectivity index (χ4v) is 2.86. The largest absolute Gasteiger partial charge is 0.456 e. The highest BCUT2D eigenvalue weighted by molar-refractivity contribution is 9.10. The average Bonchev–Trinajstić information content (AvgIpc) is 3.16. The van der Waals surface area contributed by atoms with Crippen LogP contribution in [0.25, 0.3) is 11.0 Å². The summed E-state index contributed by atoms with van der Waals surface area (Å²) in [6, 6.07) is 1.62. The first-order valence-corrected chi connectivity index (χ1v) is 7.21. The Morgan fingerprint density at radius 1 is 1.45 bits per heavy atom. The first-order chi connectivity index (χ1) is 9.61. The Kier molecular flexibility index (Phi) is 3.79. The molecule has 0 radical (unpaired) electrons. The predicted molar refractivity (Wildman–Crippen MR) is 74.4 cm³/mol. The minimum absolute atomic E-state index is 0.0588. The molecule has 3 rings (SSSR count). The monoisotopic (exact) mass is 345 g/mol. The zero-order chi connectivity index (χ0) is 14.3. The van der Waals surface area contributed by atoms with Crippen LogP contribution in [-0.2, 0) is 17.9 Å². The summed E-state index contributed by atoms with van der Waals surface area (Å²) in [4.78, 5) is 0. The van der Waals surface area contributed by atoms with Gasteiger partial charge in [0.25, 0.3) is 0 Å². The Morgan fingerprint density at radius 2 is 2.20 bits per heavy atom. The number of furan rings is 1. The van der Waals surface area contributed by atoms with Crippen molar-refractivity contribution in [2.45, 2.75) is 32.0 Å². The lowest BCUT2D eigenvalue weighted by molar-refractivity contribution is 0.183. The van der Waals surface area contributed by atoms with Crippen LogP contribution in [0.2, 0.25) is 0 Å². The van der Waals surface area contributed by atoms with Gasteiger partial charge in [-0.05, 0) is 34.8 Å². The molecule has 2 aromatic rings. The Bertz CT molecular complexity index is 652. The molecule has 1 fully saturated rings. The Morgan fingerprint density at radius 3 is 2.85 bits per heavy atom. The molecule has 6 heteroatoms. The third-order valence-corrected chi connectivity index (χ3v) is 4.03. The van der Waals surface area contributed by atoms with Crippen molar-refractivity contribution in [1.29, 1.82) is 0 Å². The minimum Gasteiger partial charge on any atom is -0.456 e. The van der Waals surface area contributed by atoms with Crippen molar-refractivity contribution in [2.75, 3.05) is 7.11 Å². The maximum absolute atomic E-state index is 13.9. The van der Waals surface area contributed by atoms with E-state index in [9.17, 15) is 8.78 Å². The van der Waals surface area contributed by atoms with E-state index in [-0.39, 0.29) is 5.58 Å². The van der Waals surface area contributed by atoms with E-state index >= 15 is 0 Å². The van der Waals surface area contributed by atoms with Gasteiger partial charge >= 0.3 is 0 Å². The van der Waals surface area contributed by atoms with Crippen LogP contribution >= 0.6 is 15.9 Å². The summed E-state index contributed by atoms with van der Waals surface area (Å²) in [5, 5.41) is 3.85. The maximum Gasteiger partial charge on any atom is 0.201 e. The number of ether oxygens (including phenoxy) is 1. The van der Waals surface area contributed by atoms with Crippen LogP contribution in [0.4, 0.5) is 8.78 Å². The van der Waals surface area contributed by atoms with Crippen LogP contribution in [0.3, 0.4) is 0 Å². The summed E-state index contributed by atoms with van der Waals surface area (Å²) in [7, 11) is 1.56. The smallest absolute Gasteiger partial charge is 0.201 e. The maximum atomic E-state index is 13.9. The van der Waals surface area contributed by atoms with E-state index < -0.39 is 11.6 Å². The molecule has 0 saturated heterocycles.